The van der Waals surface area contributed by atoms with Gasteiger partial charge in [0.15, 0.2) is 0 Å². The monoisotopic (exact) mass is 451 g/mol. The SMILES string of the molecule is O=C(C1CC1)N1CCN(C2CC=Nn3cc(C4C=CC([C@H]5CCNC[C@H]5F)=CC4)cc32)CC1. The predicted molar refractivity (Wildman–Crippen MR) is 127 cm³/mol. The molecule has 3 aliphatic heterocycles. The maximum Gasteiger partial charge on any atom is 0.225 e. The number of fused-ring (bicyclic) bond motifs is 1. The zero-order valence-electron chi connectivity index (χ0n) is 19.2. The molecule has 7 heteroatoms. The van der Waals surface area contributed by atoms with Gasteiger partial charge in [-0.15, -0.1) is 0 Å². The number of allylic oxidation sites excluding steroid dienone is 4. The first-order valence-electron chi connectivity index (χ1n) is 12.7. The molecule has 0 aromatic carbocycles. The van der Waals surface area contributed by atoms with Crippen LogP contribution in [0.4, 0.5) is 4.39 Å². The molecule has 5 aliphatic rings. The number of nitrogens with one attached hydrogen (secondary N) is 1. The third-order valence-electron chi connectivity index (χ3n) is 8.11. The minimum absolute atomic E-state index is 0.0325. The molecule has 2 unspecified atom stereocenters. The van der Waals surface area contributed by atoms with E-state index in [-0.39, 0.29) is 5.92 Å². The normalized spacial score (nSPS) is 32.5. The number of hydrogen-bond donors (Lipinski definition) is 1. The number of rotatable bonds is 4. The number of halogens is 1. The van der Waals surface area contributed by atoms with Crippen LogP contribution in [0.2, 0.25) is 0 Å². The number of alkyl halides is 1. The van der Waals surface area contributed by atoms with E-state index in [1.165, 1.54) is 16.8 Å². The summed E-state index contributed by atoms with van der Waals surface area (Å²) in [6.45, 7) is 4.88. The third kappa shape index (κ3) is 4.21. The summed E-state index contributed by atoms with van der Waals surface area (Å²) in [4.78, 5) is 17.0. The molecular formula is C26H34FN5O. The van der Waals surface area contributed by atoms with E-state index in [0.717, 1.165) is 64.8 Å². The van der Waals surface area contributed by atoms with Gasteiger partial charge in [-0.1, -0.05) is 18.2 Å². The van der Waals surface area contributed by atoms with Crippen LogP contribution in [0.15, 0.2) is 41.2 Å². The van der Waals surface area contributed by atoms with Gasteiger partial charge in [0.2, 0.25) is 5.91 Å². The predicted octanol–water partition coefficient (Wildman–Crippen LogP) is 3.24. The van der Waals surface area contributed by atoms with E-state index in [4.69, 9.17) is 0 Å². The Bertz CT molecular complexity index is 985. The molecule has 4 heterocycles. The van der Waals surface area contributed by atoms with Gasteiger partial charge in [-0.2, -0.15) is 5.10 Å². The van der Waals surface area contributed by atoms with E-state index in [1.54, 1.807) is 0 Å². The van der Waals surface area contributed by atoms with Crippen LogP contribution in [0.3, 0.4) is 0 Å². The van der Waals surface area contributed by atoms with Crippen molar-refractivity contribution in [2.45, 2.75) is 50.2 Å². The third-order valence-corrected chi connectivity index (χ3v) is 8.11. The highest BCUT2D eigenvalue weighted by Crippen LogP contribution is 2.37. The van der Waals surface area contributed by atoms with Gasteiger partial charge in [0.1, 0.15) is 6.17 Å². The van der Waals surface area contributed by atoms with Crippen LogP contribution in [-0.2, 0) is 4.79 Å². The van der Waals surface area contributed by atoms with E-state index in [9.17, 15) is 9.18 Å². The van der Waals surface area contributed by atoms with Crippen molar-refractivity contribution >= 4 is 12.1 Å². The lowest BCUT2D eigenvalue weighted by atomic mass is 9.82. The summed E-state index contributed by atoms with van der Waals surface area (Å²) in [5.41, 5.74) is 3.70. The summed E-state index contributed by atoms with van der Waals surface area (Å²) in [6, 6.07) is 2.63. The highest BCUT2D eigenvalue weighted by atomic mass is 19.1. The van der Waals surface area contributed by atoms with E-state index in [1.807, 2.05) is 10.9 Å². The zero-order chi connectivity index (χ0) is 22.4. The van der Waals surface area contributed by atoms with Crippen molar-refractivity contribution in [2.75, 3.05) is 39.3 Å². The number of carbonyl (C=O) groups excluding carboxylic acids is 1. The number of piperazine rings is 1. The molecule has 0 spiro atoms. The fourth-order valence-electron chi connectivity index (χ4n) is 5.93. The van der Waals surface area contributed by atoms with Gasteiger partial charge in [0, 0.05) is 69.3 Å². The first kappa shape index (κ1) is 21.3. The van der Waals surface area contributed by atoms with Gasteiger partial charge in [0.25, 0.3) is 0 Å². The maximum atomic E-state index is 14.4. The Morgan fingerprint density at radius 1 is 1.12 bits per heavy atom. The second-order valence-corrected chi connectivity index (χ2v) is 10.2. The van der Waals surface area contributed by atoms with Crippen molar-refractivity contribution in [2.24, 2.45) is 16.9 Å². The van der Waals surface area contributed by atoms with Gasteiger partial charge >= 0.3 is 0 Å². The molecule has 6 rings (SSSR count). The largest absolute Gasteiger partial charge is 0.340 e. The van der Waals surface area contributed by atoms with E-state index >= 15 is 0 Å². The second kappa shape index (κ2) is 8.84. The number of amides is 1. The van der Waals surface area contributed by atoms with Crippen molar-refractivity contribution in [1.82, 2.24) is 19.8 Å². The molecule has 3 fully saturated rings. The molecular weight excluding hydrogens is 417 g/mol. The Hall–Kier alpha value is -2.25. The fraction of sp³-hybridized carbons (Fsp3) is 0.615. The average Bonchev–Trinajstić information content (AvgIpc) is 3.62. The van der Waals surface area contributed by atoms with Crippen molar-refractivity contribution in [1.29, 1.82) is 0 Å². The van der Waals surface area contributed by atoms with Gasteiger partial charge in [-0.25, -0.2) is 9.07 Å². The molecule has 4 atom stereocenters. The quantitative estimate of drug-likeness (QED) is 0.765. The second-order valence-electron chi connectivity index (χ2n) is 10.2. The van der Waals surface area contributed by atoms with Crippen molar-refractivity contribution in [3.8, 4) is 0 Å². The smallest absolute Gasteiger partial charge is 0.225 e. The lowest BCUT2D eigenvalue weighted by molar-refractivity contribution is -0.134. The summed E-state index contributed by atoms with van der Waals surface area (Å²) in [5.74, 6) is 1.02. The van der Waals surface area contributed by atoms with Crippen LogP contribution < -0.4 is 5.32 Å². The molecule has 1 saturated carbocycles. The summed E-state index contributed by atoms with van der Waals surface area (Å²) in [7, 11) is 0. The highest BCUT2D eigenvalue weighted by Gasteiger charge is 2.36. The fourth-order valence-corrected chi connectivity index (χ4v) is 5.93. The maximum absolute atomic E-state index is 14.4. The van der Waals surface area contributed by atoms with Crippen LogP contribution in [-0.4, -0.2) is 72.0 Å². The Morgan fingerprint density at radius 2 is 1.97 bits per heavy atom. The standard InChI is InChI=1S/C26H34FN5O/c27-23-16-28-9-7-22(23)19-3-1-18(2-4-19)21-15-25-24(8-10-29-32(25)17-21)30-11-13-31(14-12-30)26(33)20-5-6-20/h1,3-4,10,15,17-18,20,22-24,28H,2,5-9,11-14,16H2/t18?,22-,23-,24?/m1/s1. The Kier molecular flexibility index (Phi) is 5.70. The Balaban J connectivity index is 1.12. The first-order chi connectivity index (χ1) is 16.2. The van der Waals surface area contributed by atoms with E-state index in [2.05, 4.69) is 50.7 Å². The molecule has 6 nitrogen and oxygen atoms in total. The molecule has 0 radical (unpaired) electrons. The van der Waals surface area contributed by atoms with Crippen LogP contribution in [0.5, 0.6) is 0 Å². The van der Waals surface area contributed by atoms with Crippen molar-refractivity contribution < 1.29 is 9.18 Å². The summed E-state index contributed by atoms with van der Waals surface area (Å²) in [6.07, 6.45) is 14.9. The molecule has 1 N–H and O–H groups in total. The Morgan fingerprint density at radius 3 is 2.70 bits per heavy atom. The molecule has 1 amide bonds. The lowest BCUT2D eigenvalue weighted by Crippen LogP contribution is -2.50. The van der Waals surface area contributed by atoms with Crippen LogP contribution in [0.25, 0.3) is 0 Å². The van der Waals surface area contributed by atoms with Crippen LogP contribution >= 0.6 is 0 Å². The molecule has 2 saturated heterocycles. The van der Waals surface area contributed by atoms with Crippen LogP contribution in [0.1, 0.15) is 55.3 Å². The average molecular weight is 452 g/mol. The lowest BCUT2D eigenvalue weighted by Gasteiger charge is -2.39. The minimum Gasteiger partial charge on any atom is -0.340 e. The number of carbonyl (C=O) groups is 1. The van der Waals surface area contributed by atoms with E-state index < -0.39 is 6.17 Å². The number of hydrogen-bond acceptors (Lipinski definition) is 4. The number of nitrogens with zero attached hydrogens (tertiary/aromatic N) is 4. The van der Waals surface area contributed by atoms with Gasteiger partial charge in [-0.3, -0.25) is 9.69 Å². The summed E-state index contributed by atoms with van der Waals surface area (Å²) < 4.78 is 16.4. The van der Waals surface area contributed by atoms with Crippen molar-refractivity contribution in [3.05, 3.63) is 47.3 Å². The molecule has 1 aromatic rings. The topological polar surface area (TPSA) is 52.9 Å². The molecule has 1 aromatic heterocycles. The minimum atomic E-state index is -0.789. The van der Waals surface area contributed by atoms with Gasteiger partial charge in [0.05, 0.1) is 11.7 Å². The zero-order valence-corrected chi connectivity index (χ0v) is 19.2. The van der Waals surface area contributed by atoms with Crippen LogP contribution in [0, 0.1) is 11.8 Å². The molecule has 0 bridgehead atoms. The highest BCUT2D eigenvalue weighted by molar-refractivity contribution is 5.81. The molecule has 176 valence electrons. The molecule has 33 heavy (non-hydrogen) atoms. The van der Waals surface area contributed by atoms with Gasteiger partial charge in [-0.05, 0) is 49.4 Å². The summed E-state index contributed by atoms with van der Waals surface area (Å²) in [5, 5.41) is 7.78. The number of piperidine rings is 1. The summed E-state index contributed by atoms with van der Waals surface area (Å²) >= 11 is 0. The number of aromatic nitrogens is 1. The Labute approximate surface area is 195 Å². The van der Waals surface area contributed by atoms with Crippen molar-refractivity contribution in [3.63, 3.8) is 0 Å². The van der Waals surface area contributed by atoms with Gasteiger partial charge < -0.3 is 10.2 Å². The first-order valence-corrected chi connectivity index (χ1v) is 12.7. The molecule has 2 aliphatic carbocycles. The van der Waals surface area contributed by atoms with E-state index in [0.29, 0.717) is 30.3 Å².